The molecule has 0 spiro atoms. The average Bonchev–Trinajstić information content (AvgIpc) is 2.22. The van der Waals surface area contributed by atoms with E-state index in [-0.39, 0.29) is 5.41 Å². The molecule has 0 fully saturated rings. The summed E-state index contributed by atoms with van der Waals surface area (Å²) in [5.74, 6) is 0. The van der Waals surface area contributed by atoms with Crippen LogP contribution in [0, 0.1) is 19.3 Å². The van der Waals surface area contributed by atoms with Crippen LogP contribution in [0.3, 0.4) is 0 Å². The summed E-state index contributed by atoms with van der Waals surface area (Å²) in [5.41, 5.74) is 4.36. The Labute approximate surface area is 119 Å². The van der Waals surface area contributed by atoms with E-state index in [1.807, 2.05) is 0 Å². The molecule has 0 saturated heterocycles. The monoisotopic (exact) mass is 262 g/mol. The Kier molecular flexibility index (Phi) is 5.57. The van der Waals surface area contributed by atoms with Crippen molar-refractivity contribution in [2.75, 3.05) is 27.2 Å². The Morgan fingerprint density at radius 2 is 1.63 bits per heavy atom. The first-order chi connectivity index (χ1) is 8.69. The summed E-state index contributed by atoms with van der Waals surface area (Å²) >= 11 is 0. The van der Waals surface area contributed by atoms with Crippen LogP contribution in [-0.4, -0.2) is 32.1 Å². The maximum Gasteiger partial charge on any atom is 0.0292 e. The van der Waals surface area contributed by atoms with Gasteiger partial charge in [0.2, 0.25) is 0 Å². The van der Waals surface area contributed by atoms with Gasteiger partial charge in [-0.2, -0.15) is 0 Å². The van der Waals surface area contributed by atoms with E-state index < -0.39 is 0 Å². The van der Waals surface area contributed by atoms with Crippen LogP contribution in [-0.2, 0) is 0 Å². The lowest BCUT2D eigenvalue weighted by Gasteiger charge is -2.30. The van der Waals surface area contributed by atoms with Crippen molar-refractivity contribution >= 4 is 0 Å². The van der Waals surface area contributed by atoms with E-state index in [1.165, 1.54) is 16.7 Å². The molecule has 19 heavy (non-hydrogen) atoms. The Balaban J connectivity index is 2.62. The smallest absolute Gasteiger partial charge is 0.0292 e. The van der Waals surface area contributed by atoms with Gasteiger partial charge in [-0.1, -0.05) is 43.2 Å². The van der Waals surface area contributed by atoms with E-state index in [2.05, 4.69) is 77.1 Å². The van der Waals surface area contributed by atoms with Gasteiger partial charge in [0, 0.05) is 19.1 Å². The number of aryl methyl sites for hydroxylation is 2. The van der Waals surface area contributed by atoms with Crippen molar-refractivity contribution in [1.29, 1.82) is 0 Å². The highest BCUT2D eigenvalue weighted by molar-refractivity contribution is 5.30. The van der Waals surface area contributed by atoms with E-state index >= 15 is 0 Å². The van der Waals surface area contributed by atoms with Crippen LogP contribution < -0.4 is 5.32 Å². The van der Waals surface area contributed by atoms with Gasteiger partial charge in [0.25, 0.3) is 0 Å². The molecule has 0 aromatic heterocycles. The SMILES string of the molecule is Cc1cc(C)cc(C(C)NCC(C)(C)CN(C)C)c1. The zero-order valence-electron chi connectivity index (χ0n) is 13.7. The summed E-state index contributed by atoms with van der Waals surface area (Å²) in [7, 11) is 4.27. The maximum atomic E-state index is 3.67. The minimum atomic E-state index is 0.288. The molecule has 108 valence electrons. The second-order valence-electron chi connectivity index (χ2n) is 6.93. The summed E-state index contributed by atoms with van der Waals surface area (Å²) in [6.07, 6.45) is 0. The average molecular weight is 262 g/mol. The van der Waals surface area contributed by atoms with Crippen LogP contribution in [0.15, 0.2) is 18.2 Å². The van der Waals surface area contributed by atoms with Crippen molar-refractivity contribution < 1.29 is 0 Å². The van der Waals surface area contributed by atoms with Crippen LogP contribution in [0.25, 0.3) is 0 Å². The number of benzene rings is 1. The van der Waals surface area contributed by atoms with Gasteiger partial charge >= 0.3 is 0 Å². The third-order valence-corrected chi connectivity index (χ3v) is 3.38. The van der Waals surface area contributed by atoms with Crippen LogP contribution in [0.2, 0.25) is 0 Å². The Morgan fingerprint density at radius 3 is 2.11 bits per heavy atom. The first kappa shape index (κ1) is 16.2. The Morgan fingerprint density at radius 1 is 1.11 bits per heavy atom. The normalized spacial score (nSPS) is 13.9. The maximum absolute atomic E-state index is 3.67. The minimum absolute atomic E-state index is 0.288. The van der Waals surface area contributed by atoms with E-state index in [4.69, 9.17) is 0 Å². The third-order valence-electron chi connectivity index (χ3n) is 3.38. The molecule has 0 radical (unpaired) electrons. The minimum Gasteiger partial charge on any atom is -0.310 e. The summed E-state index contributed by atoms with van der Waals surface area (Å²) < 4.78 is 0. The lowest BCUT2D eigenvalue weighted by molar-refractivity contribution is 0.227. The van der Waals surface area contributed by atoms with E-state index in [0.717, 1.165) is 13.1 Å². The lowest BCUT2D eigenvalue weighted by atomic mass is 9.92. The highest BCUT2D eigenvalue weighted by atomic mass is 15.1. The number of nitrogens with zero attached hydrogens (tertiary/aromatic N) is 1. The fourth-order valence-corrected chi connectivity index (χ4v) is 2.72. The summed E-state index contributed by atoms with van der Waals surface area (Å²) in [6, 6.07) is 7.19. The van der Waals surface area contributed by atoms with Crippen molar-refractivity contribution in [3.63, 3.8) is 0 Å². The molecule has 1 unspecified atom stereocenters. The van der Waals surface area contributed by atoms with Gasteiger partial charge in [-0.25, -0.2) is 0 Å². The molecule has 1 rings (SSSR count). The van der Waals surface area contributed by atoms with E-state index in [9.17, 15) is 0 Å². The summed E-state index contributed by atoms with van der Waals surface area (Å²) in [4.78, 5) is 2.25. The van der Waals surface area contributed by atoms with Gasteiger partial charge in [-0.05, 0) is 45.8 Å². The van der Waals surface area contributed by atoms with Crippen LogP contribution >= 0.6 is 0 Å². The quantitative estimate of drug-likeness (QED) is 0.843. The molecule has 2 heteroatoms. The van der Waals surface area contributed by atoms with Crippen molar-refractivity contribution in [2.24, 2.45) is 5.41 Å². The second kappa shape index (κ2) is 6.53. The highest BCUT2D eigenvalue weighted by Gasteiger charge is 2.19. The van der Waals surface area contributed by atoms with Gasteiger partial charge < -0.3 is 10.2 Å². The number of hydrogen-bond acceptors (Lipinski definition) is 2. The molecule has 1 atom stereocenters. The molecule has 1 aromatic carbocycles. The fraction of sp³-hybridized carbons (Fsp3) is 0.647. The Bertz CT molecular complexity index is 387. The molecule has 1 aromatic rings. The molecule has 0 aliphatic heterocycles. The number of nitrogens with one attached hydrogen (secondary N) is 1. The molecule has 0 aliphatic rings. The molecule has 0 bridgehead atoms. The number of hydrogen-bond donors (Lipinski definition) is 1. The first-order valence-corrected chi connectivity index (χ1v) is 7.16. The van der Waals surface area contributed by atoms with E-state index in [0.29, 0.717) is 6.04 Å². The summed E-state index contributed by atoms with van der Waals surface area (Å²) in [5, 5.41) is 3.67. The number of rotatable bonds is 6. The van der Waals surface area contributed by atoms with Gasteiger partial charge in [0.05, 0.1) is 0 Å². The zero-order valence-corrected chi connectivity index (χ0v) is 13.7. The van der Waals surface area contributed by atoms with Gasteiger partial charge in [-0.3, -0.25) is 0 Å². The third kappa shape index (κ3) is 5.75. The molecule has 2 nitrogen and oxygen atoms in total. The Hall–Kier alpha value is -0.860. The molecule has 0 amide bonds. The molecule has 0 aliphatic carbocycles. The van der Waals surface area contributed by atoms with Crippen LogP contribution in [0.5, 0.6) is 0 Å². The highest BCUT2D eigenvalue weighted by Crippen LogP contribution is 2.20. The predicted octanol–water partition coefficient (Wildman–Crippen LogP) is 3.54. The molecule has 0 saturated carbocycles. The van der Waals surface area contributed by atoms with Gasteiger partial charge in [0.15, 0.2) is 0 Å². The van der Waals surface area contributed by atoms with Crippen molar-refractivity contribution in [3.8, 4) is 0 Å². The first-order valence-electron chi connectivity index (χ1n) is 7.16. The zero-order chi connectivity index (χ0) is 14.6. The van der Waals surface area contributed by atoms with Crippen LogP contribution in [0.4, 0.5) is 0 Å². The van der Waals surface area contributed by atoms with Gasteiger partial charge in [-0.15, -0.1) is 0 Å². The van der Waals surface area contributed by atoms with Crippen LogP contribution in [0.1, 0.15) is 43.5 Å². The second-order valence-corrected chi connectivity index (χ2v) is 6.93. The van der Waals surface area contributed by atoms with E-state index in [1.54, 1.807) is 0 Å². The molecule has 0 heterocycles. The van der Waals surface area contributed by atoms with Gasteiger partial charge in [0.1, 0.15) is 0 Å². The van der Waals surface area contributed by atoms with Crippen molar-refractivity contribution in [3.05, 3.63) is 34.9 Å². The summed E-state index contributed by atoms with van der Waals surface area (Å²) in [6.45, 7) is 13.3. The van der Waals surface area contributed by atoms with Crippen molar-refractivity contribution in [1.82, 2.24) is 10.2 Å². The topological polar surface area (TPSA) is 15.3 Å². The molecular weight excluding hydrogens is 232 g/mol. The van der Waals surface area contributed by atoms with Crippen molar-refractivity contribution in [2.45, 2.75) is 40.7 Å². The molecule has 1 N–H and O–H groups in total. The molecular formula is C17H30N2. The fourth-order valence-electron chi connectivity index (χ4n) is 2.72. The standard InChI is InChI=1S/C17H30N2/c1-13-8-14(2)10-16(9-13)15(3)18-11-17(4,5)12-19(6)7/h8-10,15,18H,11-12H2,1-7H3. The predicted molar refractivity (Wildman–Crippen MR) is 84.7 cm³/mol. The largest absolute Gasteiger partial charge is 0.310 e. The lowest BCUT2D eigenvalue weighted by Crippen LogP contribution is -2.38.